The minimum absolute atomic E-state index is 0.538. The van der Waals surface area contributed by atoms with Crippen molar-refractivity contribution in [3.63, 3.8) is 0 Å². The van der Waals surface area contributed by atoms with Crippen LogP contribution in [0.2, 0.25) is 5.15 Å². The van der Waals surface area contributed by atoms with Gasteiger partial charge in [-0.25, -0.2) is 9.29 Å². The van der Waals surface area contributed by atoms with E-state index in [2.05, 4.69) is 25.7 Å². The molecule has 168 valence electrons. The molecular formula is C23H31ClN4O2S. The molecule has 31 heavy (non-hydrogen) atoms. The molecule has 2 aromatic rings. The van der Waals surface area contributed by atoms with Crippen LogP contribution in [0.1, 0.15) is 45.1 Å². The number of unbranched alkanes of at least 4 members (excludes halogenated alkanes) is 2. The van der Waals surface area contributed by atoms with Crippen LogP contribution in [-0.4, -0.2) is 47.8 Å². The number of anilines is 1. The fraction of sp³-hybridized carbons (Fsp3) is 0.478. The maximum atomic E-state index is 6.00. The van der Waals surface area contributed by atoms with Crippen LogP contribution in [0.3, 0.4) is 0 Å². The van der Waals surface area contributed by atoms with Crippen molar-refractivity contribution in [2.24, 2.45) is 5.16 Å². The second kappa shape index (κ2) is 12.8. The summed E-state index contributed by atoms with van der Waals surface area (Å²) in [6.45, 7) is 8.47. The van der Waals surface area contributed by atoms with Crippen molar-refractivity contribution in [3.05, 3.63) is 53.3 Å². The number of hydrogen-bond donors (Lipinski definition) is 0. The van der Waals surface area contributed by atoms with E-state index in [1.807, 2.05) is 43.3 Å². The molecule has 0 unspecified atom stereocenters. The van der Waals surface area contributed by atoms with Gasteiger partial charge in [-0.15, -0.1) is 0 Å². The zero-order valence-electron chi connectivity index (χ0n) is 18.3. The highest BCUT2D eigenvalue weighted by molar-refractivity contribution is 7.98. The average Bonchev–Trinajstić information content (AvgIpc) is 3.26. The summed E-state index contributed by atoms with van der Waals surface area (Å²) in [5, 5.41) is 4.71. The first kappa shape index (κ1) is 23.7. The van der Waals surface area contributed by atoms with Crippen molar-refractivity contribution in [2.45, 2.75) is 39.5 Å². The highest BCUT2D eigenvalue weighted by Crippen LogP contribution is 2.31. The first-order valence-corrected chi connectivity index (χ1v) is 12.0. The van der Waals surface area contributed by atoms with Gasteiger partial charge in [-0.3, -0.25) is 0 Å². The quantitative estimate of drug-likeness (QED) is 0.130. The maximum absolute atomic E-state index is 6.00. The molecule has 0 spiro atoms. The second-order valence-electron chi connectivity index (χ2n) is 7.19. The van der Waals surface area contributed by atoms with Crippen LogP contribution in [0.25, 0.3) is 0 Å². The van der Waals surface area contributed by atoms with Gasteiger partial charge in [0.25, 0.3) is 0 Å². The minimum Gasteiger partial charge on any atom is -0.494 e. The van der Waals surface area contributed by atoms with Crippen LogP contribution in [0, 0.1) is 0 Å². The standard InChI is InChI=1S/C23H31ClN4O2S/c1-3-22(26-30-4-2)19-8-10-21(11-9-19)29-17-7-5-6-14-27-15-16-28(31-27)20-12-13-25-23(24)18-20/h8-13,18H,3-7,14-17H2,1-2H3. The zero-order valence-corrected chi connectivity index (χ0v) is 19.9. The number of hydrogen-bond acceptors (Lipinski definition) is 7. The number of oxime groups is 1. The highest BCUT2D eigenvalue weighted by Gasteiger charge is 2.21. The van der Waals surface area contributed by atoms with Crippen molar-refractivity contribution in [1.29, 1.82) is 0 Å². The molecule has 1 aliphatic rings. The highest BCUT2D eigenvalue weighted by atomic mass is 35.5. The summed E-state index contributed by atoms with van der Waals surface area (Å²) in [4.78, 5) is 9.24. The van der Waals surface area contributed by atoms with E-state index in [9.17, 15) is 0 Å². The monoisotopic (exact) mass is 462 g/mol. The smallest absolute Gasteiger partial charge is 0.131 e. The lowest BCUT2D eigenvalue weighted by Gasteiger charge is -2.17. The topological polar surface area (TPSA) is 50.2 Å². The number of rotatable bonds is 12. The van der Waals surface area contributed by atoms with E-state index in [0.717, 1.165) is 74.6 Å². The summed E-state index contributed by atoms with van der Waals surface area (Å²) >= 11 is 7.77. The lowest BCUT2D eigenvalue weighted by molar-refractivity contribution is 0.158. The van der Waals surface area contributed by atoms with Gasteiger partial charge in [0.1, 0.15) is 17.5 Å². The van der Waals surface area contributed by atoms with E-state index in [-0.39, 0.29) is 0 Å². The van der Waals surface area contributed by atoms with Gasteiger partial charge in [-0.05, 0) is 74.6 Å². The molecule has 1 aliphatic heterocycles. The van der Waals surface area contributed by atoms with Crippen LogP contribution in [0.4, 0.5) is 5.69 Å². The molecule has 3 rings (SSSR count). The Labute approximate surface area is 194 Å². The predicted octanol–water partition coefficient (Wildman–Crippen LogP) is 5.82. The molecule has 6 nitrogen and oxygen atoms in total. The summed E-state index contributed by atoms with van der Waals surface area (Å²) in [5.41, 5.74) is 3.15. The van der Waals surface area contributed by atoms with Crippen molar-refractivity contribution < 1.29 is 9.57 Å². The molecule has 0 N–H and O–H groups in total. The fourth-order valence-corrected chi connectivity index (χ4v) is 4.46. The normalized spacial score (nSPS) is 14.8. The van der Waals surface area contributed by atoms with E-state index < -0.39 is 0 Å². The molecule has 1 fully saturated rings. The lowest BCUT2D eigenvalue weighted by Crippen LogP contribution is -2.14. The molecule has 0 amide bonds. The minimum atomic E-state index is 0.538. The van der Waals surface area contributed by atoms with Gasteiger partial charge in [0.15, 0.2) is 0 Å². The third kappa shape index (κ3) is 7.59. The summed E-state index contributed by atoms with van der Waals surface area (Å²) in [7, 11) is 0. The number of pyridine rings is 1. The Bertz CT molecular complexity index is 835. The Morgan fingerprint density at radius 1 is 1.13 bits per heavy atom. The third-order valence-corrected chi connectivity index (χ3v) is 6.30. The number of nitrogens with zero attached hydrogens (tertiary/aromatic N) is 4. The van der Waals surface area contributed by atoms with E-state index in [0.29, 0.717) is 11.8 Å². The van der Waals surface area contributed by atoms with Crippen LogP contribution in [0.5, 0.6) is 5.75 Å². The SMILES string of the molecule is CCON=C(CC)c1ccc(OCCCCCN2CCN(c3ccnc(Cl)c3)S2)cc1. The summed E-state index contributed by atoms with van der Waals surface area (Å²) < 4.78 is 10.6. The summed E-state index contributed by atoms with van der Waals surface area (Å²) in [5.74, 6) is 0.900. The van der Waals surface area contributed by atoms with Crippen molar-refractivity contribution in [1.82, 2.24) is 9.29 Å². The van der Waals surface area contributed by atoms with E-state index in [4.69, 9.17) is 21.2 Å². The molecule has 1 aromatic heterocycles. The Hall–Kier alpha value is -1.96. The number of benzene rings is 1. The third-order valence-electron chi connectivity index (χ3n) is 4.91. The molecule has 0 bridgehead atoms. The van der Waals surface area contributed by atoms with E-state index in [1.165, 1.54) is 0 Å². The van der Waals surface area contributed by atoms with Crippen molar-refractivity contribution in [3.8, 4) is 5.75 Å². The van der Waals surface area contributed by atoms with E-state index in [1.54, 1.807) is 18.3 Å². The molecule has 1 saturated heterocycles. The van der Waals surface area contributed by atoms with Crippen molar-refractivity contribution >= 4 is 35.1 Å². The van der Waals surface area contributed by atoms with Gasteiger partial charge in [0, 0.05) is 38.0 Å². The molecule has 1 aromatic carbocycles. The van der Waals surface area contributed by atoms with Gasteiger partial charge in [-0.2, -0.15) is 0 Å². The zero-order chi connectivity index (χ0) is 21.9. The van der Waals surface area contributed by atoms with E-state index >= 15 is 0 Å². The first-order valence-electron chi connectivity index (χ1n) is 10.9. The molecule has 0 atom stereocenters. The number of halogens is 1. The molecule has 0 aliphatic carbocycles. The summed E-state index contributed by atoms with van der Waals surface area (Å²) in [6.07, 6.45) is 5.95. The van der Waals surface area contributed by atoms with Crippen LogP contribution >= 0.6 is 23.7 Å². The predicted molar refractivity (Wildman–Crippen MR) is 130 cm³/mol. The first-order chi connectivity index (χ1) is 15.2. The van der Waals surface area contributed by atoms with Gasteiger partial charge in [0.05, 0.1) is 18.0 Å². The van der Waals surface area contributed by atoms with Gasteiger partial charge in [-0.1, -0.05) is 23.7 Å². The van der Waals surface area contributed by atoms with Crippen molar-refractivity contribution in [2.75, 3.05) is 37.2 Å². The van der Waals surface area contributed by atoms with Gasteiger partial charge < -0.3 is 13.9 Å². The number of ether oxygens (including phenoxy) is 1. The van der Waals surface area contributed by atoms with Crippen LogP contribution < -0.4 is 9.04 Å². The Morgan fingerprint density at radius 3 is 2.71 bits per heavy atom. The molecule has 2 heterocycles. The maximum Gasteiger partial charge on any atom is 0.131 e. The molecule has 0 radical (unpaired) electrons. The Kier molecular flexibility index (Phi) is 9.78. The van der Waals surface area contributed by atoms with Crippen LogP contribution in [-0.2, 0) is 4.84 Å². The lowest BCUT2D eigenvalue weighted by atomic mass is 10.1. The summed E-state index contributed by atoms with van der Waals surface area (Å²) in [6, 6.07) is 12.0. The second-order valence-corrected chi connectivity index (χ2v) is 8.70. The Morgan fingerprint density at radius 2 is 1.97 bits per heavy atom. The molecular weight excluding hydrogens is 432 g/mol. The van der Waals surface area contributed by atoms with Crippen LogP contribution in [0.15, 0.2) is 47.8 Å². The van der Waals surface area contributed by atoms with Gasteiger partial charge in [0.2, 0.25) is 0 Å². The molecule has 0 saturated carbocycles. The number of aromatic nitrogens is 1. The van der Waals surface area contributed by atoms with Gasteiger partial charge >= 0.3 is 0 Å². The molecule has 8 heteroatoms. The Balaban J connectivity index is 1.30. The fourth-order valence-electron chi connectivity index (χ4n) is 3.26. The largest absolute Gasteiger partial charge is 0.494 e. The average molecular weight is 463 g/mol.